The highest BCUT2D eigenvalue weighted by Crippen LogP contribution is 2.49. The highest BCUT2D eigenvalue weighted by molar-refractivity contribution is 7.99. The first-order valence-corrected chi connectivity index (χ1v) is 14.1. The Morgan fingerprint density at radius 3 is 2.18 bits per heavy atom. The predicted molar refractivity (Wildman–Crippen MR) is 165 cm³/mol. The highest BCUT2D eigenvalue weighted by Gasteiger charge is 2.27. The normalized spacial score (nSPS) is 12.5. The van der Waals surface area contributed by atoms with Gasteiger partial charge < -0.3 is 0 Å². The van der Waals surface area contributed by atoms with E-state index in [1.165, 1.54) is 75.9 Å². The Hall–Kier alpha value is -4.73. The highest BCUT2D eigenvalue weighted by atomic mass is 32.2. The van der Waals surface area contributed by atoms with Crippen molar-refractivity contribution >= 4 is 55.4 Å². The molecule has 39 heavy (non-hydrogen) atoms. The van der Waals surface area contributed by atoms with E-state index in [9.17, 15) is 0 Å². The van der Waals surface area contributed by atoms with Gasteiger partial charge in [-0.3, -0.25) is 9.13 Å². The molecule has 3 heterocycles. The third-order valence-corrected chi connectivity index (χ3v) is 9.18. The van der Waals surface area contributed by atoms with Crippen molar-refractivity contribution in [3.8, 4) is 22.5 Å². The minimum Gasteiger partial charge on any atom is -0.295 e. The van der Waals surface area contributed by atoms with E-state index in [1.807, 2.05) is 11.8 Å². The van der Waals surface area contributed by atoms with E-state index in [0.717, 1.165) is 0 Å². The van der Waals surface area contributed by atoms with Crippen molar-refractivity contribution in [1.29, 1.82) is 0 Å². The number of para-hydroxylation sites is 3. The molecule has 8 aromatic rings. The van der Waals surface area contributed by atoms with Crippen molar-refractivity contribution in [3.63, 3.8) is 0 Å². The molecule has 0 fully saturated rings. The van der Waals surface area contributed by atoms with E-state index >= 15 is 0 Å². The van der Waals surface area contributed by atoms with Crippen LogP contribution < -0.4 is 0 Å². The molecule has 3 heteroatoms. The number of benzene rings is 6. The van der Waals surface area contributed by atoms with Crippen LogP contribution in [-0.4, -0.2) is 9.13 Å². The Balaban J connectivity index is 1.38. The second kappa shape index (κ2) is 7.89. The number of hydrogen-bond donors (Lipinski definition) is 0. The molecule has 0 unspecified atom stereocenters. The lowest BCUT2D eigenvalue weighted by Crippen LogP contribution is -2.05. The van der Waals surface area contributed by atoms with Crippen molar-refractivity contribution in [2.75, 3.05) is 0 Å². The van der Waals surface area contributed by atoms with Gasteiger partial charge in [-0.25, -0.2) is 0 Å². The van der Waals surface area contributed by atoms with Gasteiger partial charge in [0.2, 0.25) is 0 Å². The quantitative estimate of drug-likeness (QED) is 0.223. The van der Waals surface area contributed by atoms with Crippen molar-refractivity contribution in [2.45, 2.75) is 9.79 Å². The zero-order valence-corrected chi connectivity index (χ0v) is 21.8. The second-order valence-electron chi connectivity index (χ2n) is 10.2. The molecule has 182 valence electrons. The van der Waals surface area contributed by atoms with E-state index in [4.69, 9.17) is 0 Å². The fourth-order valence-electron chi connectivity index (χ4n) is 6.37. The Labute approximate surface area is 229 Å². The van der Waals surface area contributed by atoms with Crippen LogP contribution in [0.5, 0.6) is 0 Å². The van der Waals surface area contributed by atoms with Gasteiger partial charge in [-0.05, 0) is 64.4 Å². The van der Waals surface area contributed by atoms with E-state index in [1.54, 1.807) is 0 Å². The lowest BCUT2D eigenvalue weighted by molar-refractivity contribution is 1.03. The molecule has 6 aromatic carbocycles. The summed E-state index contributed by atoms with van der Waals surface area (Å²) in [6.45, 7) is 0. The summed E-state index contributed by atoms with van der Waals surface area (Å²) in [5, 5.41) is 6.41. The largest absolute Gasteiger partial charge is 0.295 e. The zero-order valence-electron chi connectivity index (χ0n) is 21.0. The van der Waals surface area contributed by atoms with Crippen LogP contribution in [-0.2, 0) is 0 Å². The van der Waals surface area contributed by atoms with Gasteiger partial charge in [0, 0.05) is 31.6 Å². The average molecular weight is 515 g/mol. The van der Waals surface area contributed by atoms with Crippen LogP contribution >= 0.6 is 11.8 Å². The summed E-state index contributed by atoms with van der Waals surface area (Å²) in [7, 11) is 0. The molecule has 2 aromatic heterocycles. The maximum Gasteiger partial charge on any atom is 0.131 e. The van der Waals surface area contributed by atoms with Crippen LogP contribution in [0.2, 0.25) is 0 Å². The van der Waals surface area contributed by atoms with Crippen LogP contribution in [0.1, 0.15) is 0 Å². The molecule has 0 spiro atoms. The summed E-state index contributed by atoms with van der Waals surface area (Å²) in [4.78, 5) is 2.60. The molecule has 0 saturated heterocycles. The zero-order chi connectivity index (χ0) is 25.5. The van der Waals surface area contributed by atoms with E-state index in [2.05, 4.69) is 143 Å². The second-order valence-corrected chi connectivity index (χ2v) is 11.3. The van der Waals surface area contributed by atoms with Crippen molar-refractivity contribution in [3.05, 3.63) is 133 Å². The lowest BCUT2D eigenvalue weighted by atomic mass is 10.0. The first-order valence-electron chi connectivity index (χ1n) is 13.3. The van der Waals surface area contributed by atoms with Crippen molar-refractivity contribution in [2.24, 2.45) is 0 Å². The van der Waals surface area contributed by atoms with Gasteiger partial charge in [0.05, 0.1) is 16.7 Å². The molecule has 9 rings (SSSR count). The summed E-state index contributed by atoms with van der Waals surface area (Å²) in [5.41, 5.74) is 8.68. The predicted octanol–water partition coefficient (Wildman–Crippen LogP) is 10.0. The number of nitrogens with zero attached hydrogens (tertiary/aromatic N) is 2. The van der Waals surface area contributed by atoms with Crippen LogP contribution in [0.15, 0.2) is 143 Å². The van der Waals surface area contributed by atoms with Crippen LogP contribution in [0.25, 0.3) is 66.1 Å². The summed E-state index contributed by atoms with van der Waals surface area (Å²) >= 11 is 1.87. The molecular formula is C36H22N2S. The minimum atomic E-state index is 1.18. The summed E-state index contributed by atoms with van der Waals surface area (Å²) in [5.74, 6) is 0. The van der Waals surface area contributed by atoms with Crippen LogP contribution in [0.4, 0.5) is 0 Å². The van der Waals surface area contributed by atoms with Gasteiger partial charge in [0.15, 0.2) is 0 Å². The molecule has 0 saturated carbocycles. The molecule has 0 radical (unpaired) electrons. The molecule has 0 amide bonds. The van der Waals surface area contributed by atoms with Gasteiger partial charge in [0.1, 0.15) is 5.65 Å². The summed E-state index contributed by atoms with van der Waals surface area (Å²) in [6.07, 6.45) is 0. The van der Waals surface area contributed by atoms with Gasteiger partial charge in [-0.1, -0.05) is 103 Å². The monoisotopic (exact) mass is 514 g/mol. The minimum absolute atomic E-state index is 1.18. The first-order chi connectivity index (χ1) is 19.3. The Kier molecular flexibility index (Phi) is 4.29. The maximum atomic E-state index is 2.49. The molecule has 0 aliphatic carbocycles. The van der Waals surface area contributed by atoms with E-state index in [-0.39, 0.29) is 0 Å². The third-order valence-electron chi connectivity index (χ3n) is 8.07. The molecule has 1 aliphatic heterocycles. The van der Waals surface area contributed by atoms with Crippen LogP contribution in [0, 0.1) is 0 Å². The SMILES string of the molecule is c1ccc(-c2ccc3cc(-n4c5ccccc5c5c6cccc7c6n(c54)-c4ccccc4S7)ccc3c2)cc1. The molecule has 1 aliphatic rings. The number of rotatable bonds is 2. The summed E-state index contributed by atoms with van der Waals surface area (Å²) < 4.78 is 4.96. The Morgan fingerprint density at radius 1 is 0.487 bits per heavy atom. The van der Waals surface area contributed by atoms with Gasteiger partial charge in [-0.15, -0.1) is 0 Å². The topological polar surface area (TPSA) is 9.86 Å². The molecule has 2 nitrogen and oxygen atoms in total. The molecular weight excluding hydrogens is 492 g/mol. The summed E-state index contributed by atoms with van der Waals surface area (Å²) in [6, 6.07) is 48.6. The molecule has 0 bridgehead atoms. The lowest BCUT2D eigenvalue weighted by Gasteiger charge is -2.21. The standard InChI is InChI=1S/C36H22N2S/c1-2-9-23(10-3-1)24-17-18-26-22-27(20-19-25(26)21-24)37-30-13-5-4-11-28(30)34-29-12-8-16-33-35(29)38(36(34)37)31-14-6-7-15-32(31)39-33/h1-22H. The Bertz CT molecular complexity index is 2250. The van der Waals surface area contributed by atoms with E-state index in [0.29, 0.717) is 0 Å². The van der Waals surface area contributed by atoms with Crippen LogP contribution in [0.3, 0.4) is 0 Å². The van der Waals surface area contributed by atoms with Crippen molar-refractivity contribution in [1.82, 2.24) is 9.13 Å². The van der Waals surface area contributed by atoms with Gasteiger partial charge in [0.25, 0.3) is 0 Å². The average Bonchev–Trinajstić information content (AvgIpc) is 3.52. The Morgan fingerprint density at radius 2 is 1.23 bits per heavy atom. The molecule has 0 N–H and O–H groups in total. The fourth-order valence-corrected chi connectivity index (χ4v) is 7.46. The smallest absolute Gasteiger partial charge is 0.131 e. The fraction of sp³-hybridized carbons (Fsp3) is 0. The number of aromatic nitrogens is 2. The van der Waals surface area contributed by atoms with Gasteiger partial charge in [-0.2, -0.15) is 0 Å². The first kappa shape index (κ1) is 21.2. The van der Waals surface area contributed by atoms with E-state index < -0.39 is 0 Å². The number of fused-ring (bicyclic) bond motifs is 8. The van der Waals surface area contributed by atoms with Crippen molar-refractivity contribution < 1.29 is 0 Å². The van der Waals surface area contributed by atoms with Gasteiger partial charge >= 0.3 is 0 Å². The number of hydrogen-bond acceptors (Lipinski definition) is 1. The molecule has 0 atom stereocenters. The maximum absolute atomic E-state index is 2.49. The third kappa shape index (κ3) is 2.94.